The standard InChI is InChI=1S/C21H24ClFN2O3S/c1-14-6-7-15(2)20(12-14)24-21(26)16-8-10-25(11-9-16)29(27,28)13-17-18(22)4-3-5-19(17)23/h3-7,12,16H,8-11,13H2,1-2H3,(H,24,26). The fraction of sp³-hybridized carbons (Fsp3) is 0.381. The first-order valence-corrected chi connectivity index (χ1v) is 11.4. The van der Waals surface area contributed by atoms with Crippen LogP contribution in [0, 0.1) is 25.6 Å². The SMILES string of the molecule is Cc1ccc(C)c(NC(=O)C2CCN(S(=O)(=O)Cc3c(F)cccc3Cl)CC2)c1. The van der Waals surface area contributed by atoms with E-state index < -0.39 is 21.6 Å². The molecule has 0 atom stereocenters. The van der Waals surface area contributed by atoms with Gasteiger partial charge in [0.25, 0.3) is 0 Å². The lowest BCUT2D eigenvalue weighted by atomic mass is 9.97. The zero-order chi connectivity index (χ0) is 21.2. The third kappa shape index (κ3) is 5.15. The number of nitrogens with zero attached hydrogens (tertiary/aromatic N) is 1. The molecule has 3 rings (SSSR count). The van der Waals surface area contributed by atoms with E-state index in [0.29, 0.717) is 12.8 Å². The molecule has 0 aromatic heterocycles. The molecule has 1 amide bonds. The maximum atomic E-state index is 14.0. The number of hydrogen-bond acceptors (Lipinski definition) is 3. The van der Waals surface area contributed by atoms with Crippen molar-refractivity contribution in [2.45, 2.75) is 32.4 Å². The van der Waals surface area contributed by atoms with E-state index >= 15 is 0 Å². The molecule has 0 unspecified atom stereocenters. The second-order valence-electron chi connectivity index (χ2n) is 7.44. The van der Waals surface area contributed by atoms with Gasteiger partial charge in [0.1, 0.15) is 5.82 Å². The van der Waals surface area contributed by atoms with Crippen LogP contribution in [0.3, 0.4) is 0 Å². The van der Waals surface area contributed by atoms with Crippen LogP contribution < -0.4 is 5.32 Å². The quantitative estimate of drug-likeness (QED) is 0.757. The summed E-state index contributed by atoms with van der Waals surface area (Å²) in [5.74, 6) is -1.49. The molecule has 0 radical (unpaired) electrons. The molecular formula is C21H24ClFN2O3S. The molecule has 1 fully saturated rings. The molecule has 1 aliphatic heterocycles. The fourth-order valence-electron chi connectivity index (χ4n) is 3.45. The van der Waals surface area contributed by atoms with Gasteiger partial charge in [-0.15, -0.1) is 0 Å². The van der Waals surface area contributed by atoms with E-state index in [0.717, 1.165) is 16.8 Å². The highest BCUT2D eigenvalue weighted by molar-refractivity contribution is 7.88. The van der Waals surface area contributed by atoms with Gasteiger partial charge in [-0.1, -0.05) is 29.8 Å². The molecular weight excluding hydrogens is 415 g/mol. The lowest BCUT2D eigenvalue weighted by molar-refractivity contribution is -0.120. The van der Waals surface area contributed by atoms with Crippen LogP contribution in [0.5, 0.6) is 0 Å². The summed E-state index contributed by atoms with van der Waals surface area (Å²) < 4.78 is 40.7. The average molecular weight is 439 g/mol. The molecule has 29 heavy (non-hydrogen) atoms. The summed E-state index contributed by atoms with van der Waals surface area (Å²) in [7, 11) is -3.72. The summed E-state index contributed by atoms with van der Waals surface area (Å²) >= 11 is 5.96. The molecule has 8 heteroatoms. The van der Waals surface area contributed by atoms with E-state index in [9.17, 15) is 17.6 Å². The summed E-state index contributed by atoms with van der Waals surface area (Å²) in [4.78, 5) is 12.6. The topological polar surface area (TPSA) is 66.5 Å². The highest BCUT2D eigenvalue weighted by Crippen LogP contribution is 2.27. The van der Waals surface area contributed by atoms with E-state index in [1.807, 2.05) is 32.0 Å². The van der Waals surface area contributed by atoms with E-state index in [1.165, 1.54) is 22.5 Å². The van der Waals surface area contributed by atoms with E-state index in [1.54, 1.807) is 0 Å². The number of amides is 1. The molecule has 1 N–H and O–H groups in total. The molecule has 0 spiro atoms. The van der Waals surface area contributed by atoms with Crippen LogP contribution in [-0.4, -0.2) is 31.7 Å². The molecule has 2 aromatic rings. The number of rotatable bonds is 5. The van der Waals surface area contributed by atoms with Gasteiger partial charge in [0.2, 0.25) is 15.9 Å². The molecule has 1 aliphatic rings. The van der Waals surface area contributed by atoms with Crippen LogP contribution in [0.25, 0.3) is 0 Å². The van der Waals surface area contributed by atoms with Gasteiger partial charge in [-0.2, -0.15) is 0 Å². The van der Waals surface area contributed by atoms with Crippen LogP contribution in [-0.2, 0) is 20.6 Å². The monoisotopic (exact) mass is 438 g/mol. The van der Waals surface area contributed by atoms with Crippen molar-refractivity contribution >= 4 is 33.2 Å². The van der Waals surface area contributed by atoms with Gasteiger partial charge in [-0.25, -0.2) is 17.1 Å². The molecule has 0 saturated carbocycles. The Labute approximate surface area is 175 Å². The Hall–Kier alpha value is -1.96. The number of carbonyl (C=O) groups excluding carboxylic acids is 1. The predicted molar refractivity (Wildman–Crippen MR) is 113 cm³/mol. The fourth-order valence-corrected chi connectivity index (χ4v) is 5.36. The van der Waals surface area contributed by atoms with Gasteiger partial charge in [0.15, 0.2) is 0 Å². The van der Waals surface area contributed by atoms with Crippen molar-refractivity contribution in [1.29, 1.82) is 0 Å². The first-order chi connectivity index (χ1) is 13.7. The minimum atomic E-state index is -3.72. The van der Waals surface area contributed by atoms with Crippen LogP contribution in [0.1, 0.15) is 29.5 Å². The van der Waals surface area contributed by atoms with Crippen molar-refractivity contribution in [3.63, 3.8) is 0 Å². The highest BCUT2D eigenvalue weighted by Gasteiger charge is 2.32. The summed E-state index contributed by atoms with van der Waals surface area (Å²) in [5.41, 5.74) is 2.78. The van der Waals surface area contributed by atoms with E-state index in [4.69, 9.17) is 11.6 Å². The molecule has 0 aliphatic carbocycles. The average Bonchev–Trinajstić information content (AvgIpc) is 2.68. The third-order valence-corrected chi connectivity index (χ3v) is 7.42. The molecule has 156 valence electrons. The second kappa shape index (κ2) is 8.81. The number of anilines is 1. The smallest absolute Gasteiger partial charge is 0.227 e. The van der Waals surface area contributed by atoms with Crippen LogP contribution >= 0.6 is 11.6 Å². The van der Waals surface area contributed by atoms with Gasteiger partial charge in [-0.3, -0.25) is 4.79 Å². The van der Waals surface area contributed by atoms with Crippen molar-refractivity contribution in [1.82, 2.24) is 4.31 Å². The number of halogens is 2. The number of hydrogen-bond donors (Lipinski definition) is 1. The summed E-state index contributed by atoms with van der Waals surface area (Å²) in [6.07, 6.45) is 0.835. The number of benzene rings is 2. The van der Waals surface area contributed by atoms with Gasteiger partial charge in [-0.05, 0) is 56.0 Å². The Kier molecular flexibility index (Phi) is 6.61. The lowest BCUT2D eigenvalue weighted by Gasteiger charge is -2.30. The largest absolute Gasteiger partial charge is 0.326 e. The minimum absolute atomic E-state index is 0.0241. The maximum Gasteiger partial charge on any atom is 0.227 e. The van der Waals surface area contributed by atoms with Crippen molar-refractivity contribution in [3.05, 3.63) is 63.9 Å². The zero-order valence-corrected chi connectivity index (χ0v) is 18.0. The number of nitrogens with one attached hydrogen (secondary N) is 1. The van der Waals surface area contributed by atoms with Crippen molar-refractivity contribution in [2.24, 2.45) is 5.92 Å². The van der Waals surface area contributed by atoms with Gasteiger partial charge < -0.3 is 5.32 Å². The second-order valence-corrected chi connectivity index (χ2v) is 9.81. The number of sulfonamides is 1. The Morgan fingerprint density at radius 2 is 1.90 bits per heavy atom. The van der Waals surface area contributed by atoms with E-state index in [2.05, 4.69) is 5.32 Å². The van der Waals surface area contributed by atoms with Crippen LogP contribution in [0.15, 0.2) is 36.4 Å². The molecule has 2 aromatic carbocycles. The van der Waals surface area contributed by atoms with Gasteiger partial charge in [0.05, 0.1) is 5.75 Å². The maximum absolute atomic E-state index is 14.0. The molecule has 1 saturated heterocycles. The number of aryl methyl sites for hydroxylation is 2. The zero-order valence-electron chi connectivity index (χ0n) is 16.4. The number of carbonyl (C=O) groups is 1. The van der Waals surface area contributed by atoms with Crippen LogP contribution in [0.4, 0.5) is 10.1 Å². The Morgan fingerprint density at radius 1 is 1.21 bits per heavy atom. The molecule has 0 bridgehead atoms. The van der Waals surface area contributed by atoms with Crippen LogP contribution in [0.2, 0.25) is 5.02 Å². The first-order valence-electron chi connectivity index (χ1n) is 9.46. The summed E-state index contributed by atoms with van der Waals surface area (Å²) in [5, 5.41) is 3.05. The highest BCUT2D eigenvalue weighted by atomic mass is 35.5. The van der Waals surface area contributed by atoms with Crippen molar-refractivity contribution in [2.75, 3.05) is 18.4 Å². The third-order valence-electron chi connectivity index (χ3n) is 5.26. The van der Waals surface area contributed by atoms with Gasteiger partial charge in [0, 0.05) is 35.3 Å². The molecule has 5 nitrogen and oxygen atoms in total. The van der Waals surface area contributed by atoms with Crippen molar-refractivity contribution < 1.29 is 17.6 Å². The summed E-state index contributed by atoms with van der Waals surface area (Å²) in [6.45, 7) is 4.33. The molecule has 1 heterocycles. The normalized spacial score (nSPS) is 16.0. The van der Waals surface area contributed by atoms with Crippen molar-refractivity contribution in [3.8, 4) is 0 Å². The Bertz CT molecular complexity index is 998. The Morgan fingerprint density at radius 3 is 2.55 bits per heavy atom. The van der Waals surface area contributed by atoms with Gasteiger partial charge >= 0.3 is 0 Å². The number of piperidine rings is 1. The lowest BCUT2D eigenvalue weighted by Crippen LogP contribution is -2.42. The Balaban J connectivity index is 1.62. The predicted octanol–water partition coefficient (Wildman–Crippen LogP) is 4.28. The summed E-state index contributed by atoms with van der Waals surface area (Å²) in [6, 6.07) is 9.96. The first kappa shape index (κ1) is 21.7. The van der Waals surface area contributed by atoms with E-state index in [-0.39, 0.29) is 35.5 Å². The minimum Gasteiger partial charge on any atom is -0.326 e.